The van der Waals surface area contributed by atoms with Gasteiger partial charge in [-0.15, -0.1) is 6.58 Å². The third kappa shape index (κ3) is 6.22. The van der Waals surface area contributed by atoms with E-state index in [0.29, 0.717) is 26.1 Å². The molecule has 0 N–H and O–H groups in total. The summed E-state index contributed by atoms with van der Waals surface area (Å²) in [6, 6.07) is 26.3. The minimum Gasteiger partial charge on any atom is -0.489 e. The standard InChI is InChI=1S/C31H31N3O2/c1-3-8-27-20-25(13-14-30(27)36-23-26-10-7-9-24(2)19-26)21-28(22-32)31(35)34-17-15-33(16-18-34)29-11-5-4-6-12-29/h3-7,9-14,19-21H,1,8,15-18,23H2,2H3/b28-21-. The lowest BCUT2D eigenvalue weighted by Gasteiger charge is -2.36. The smallest absolute Gasteiger partial charge is 0.264 e. The van der Waals surface area contributed by atoms with Crippen molar-refractivity contribution in [1.29, 1.82) is 5.26 Å². The Hall–Kier alpha value is -4.30. The molecule has 3 aromatic rings. The number of amides is 1. The first kappa shape index (κ1) is 24.8. The highest BCUT2D eigenvalue weighted by Gasteiger charge is 2.24. The molecule has 1 saturated heterocycles. The lowest BCUT2D eigenvalue weighted by molar-refractivity contribution is -0.126. The van der Waals surface area contributed by atoms with Crippen molar-refractivity contribution in [2.45, 2.75) is 20.0 Å². The van der Waals surface area contributed by atoms with E-state index in [1.165, 1.54) is 5.56 Å². The molecule has 0 atom stereocenters. The van der Waals surface area contributed by atoms with Crippen LogP contribution in [0, 0.1) is 18.3 Å². The number of benzene rings is 3. The van der Waals surface area contributed by atoms with Crippen LogP contribution < -0.4 is 9.64 Å². The maximum Gasteiger partial charge on any atom is 0.264 e. The number of rotatable bonds is 8. The molecular formula is C31H31N3O2. The zero-order chi connectivity index (χ0) is 25.3. The van der Waals surface area contributed by atoms with Crippen LogP contribution in [0.5, 0.6) is 5.75 Å². The summed E-state index contributed by atoms with van der Waals surface area (Å²) in [6.45, 7) is 9.04. The third-order valence-corrected chi connectivity index (χ3v) is 6.28. The van der Waals surface area contributed by atoms with E-state index in [0.717, 1.165) is 41.2 Å². The summed E-state index contributed by atoms with van der Waals surface area (Å²) >= 11 is 0. The van der Waals surface area contributed by atoms with Crippen LogP contribution >= 0.6 is 0 Å². The van der Waals surface area contributed by atoms with Gasteiger partial charge in [0.05, 0.1) is 0 Å². The summed E-state index contributed by atoms with van der Waals surface area (Å²) in [5.41, 5.74) is 5.35. The third-order valence-electron chi connectivity index (χ3n) is 6.28. The number of carbonyl (C=O) groups excluding carboxylic acids is 1. The van der Waals surface area contributed by atoms with Crippen LogP contribution in [0.3, 0.4) is 0 Å². The molecule has 0 saturated carbocycles. The fourth-order valence-corrected chi connectivity index (χ4v) is 4.39. The SMILES string of the molecule is C=CCc1cc(/C=C(/C#N)C(=O)N2CCN(c3ccccc3)CC2)ccc1OCc1cccc(C)c1. The second kappa shape index (κ2) is 11.9. The molecule has 1 fully saturated rings. The van der Waals surface area contributed by atoms with Gasteiger partial charge in [0.2, 0.25) is 0 Å². The minimum atomic E-state index is -0.227. The van der Waals surface area contributed by atoms with Gasteiger partial charge in [-0.25, -0.2) is 0 Å². The summed E-state index contributed by atoms with van der Waals surface area (Å²) in [6.07, 6.45) is 4.12. The first-order chi connectivity index (χ1) is 17.6. The molecule has 1 amide bonds. The molecule has 0 spiro atoms. The summed E-state index contributed by atoms with van der Waals surface area (Å²) in [4.78, 5) is 17.1. The number of nitriles is 1. The maximum absolute atomic E-state index is 13.1. The molecule has 0 unspecified atom stereocenters. The van der Waals surface area contributed by atoms with Crippen LogP contribution in [0.25, 0.3) is 6.08 Å². The van der Waals surface area contributed by atoms with Gasteiger partial charge in [-0.05, 0) is 60.4 Å². The van der Waals surface area contributed by atoms with E-state index in [2.05, 4.69) is 48.7 Å². The molecule has 0 radical (unpaired) electrons. The van der Waals surface area contributed by atoms with Crippen molar-refractivity contribution in [2.24, 2.45) is 0 Å². The Bertz CT molecular complexity index is 1280. The Labute approximate surface area is 213 Å². The Morgan fingerprint density at radius 1 is 1.03 bits per heavy atom. The predicted octanol–water partition coefficient (Wildman–Crippen LogP) is 5.56. The molecule has 0 aliphatic carbocycles. The monoisotopic (exact) mass is 477 g/mol. The number of allylic oxidation sites excluding steroid dienone is 1. The normalized spacial score (nSPS) is 13.7. The molecular weight excluding hydrogens is 446 g/mol. The summed E-state index contributed by atoms with van der Waals surface area (Å²) < 4.78 is 6.09. The largest absolute Gasteiger partial charge is 0.489 e. The number of para-hydroxylation sites is 1. The van der Waals surface area contributed by atoms with Crippen LogP contribution in [0.4, 0.5) is 5.69 Å². The molecule has 1 heterocycles. The first-order valence-electron chi connectivity index (χ1n) is 12.2. The van der Waals surface area contributed by atoms with Crippen molar-refractivity contribution in [3.63, 3.8) is 0 Å². The van der Waals surface area contributed by atoms with Crippen molar-refractivity contribution in [2.75, 3.05) is 31.1 Å². The minimum absolute atomic E-state index is 0.140. The van der Waals surface area contributed by atoms with Gasteiger partial charge >= 0.3 is 0 Å². The molecule has 182 valence electrons. The molecule has 1 aliphatic rings. The van der Waals surface area contributed by atoms with Gasteiger partial charge in [0.1, 0.15) is 24.0 Å². The van der Waals surface area contributed by atoms with E-state index in [4.69, 9.17) is 4.74 Å². The van der Waals surface area contributed by atoms with Gasteiger partial charge in [-0.3, -0.25) is 4.79 Å². The highest BCUT2D eigenvalue weighted by Crippen LogP contribution is 2.24. The molecule has 36 heavy (non-hydrogen) atoms. The first-order valence-corrected chi connectivity index (χ1v) is 12.2. The number of hydrogen-bond donors (Lipinski definition) is 0. The van der Waals surface area contributed by atoms with Crippen LogP contribution in [0.2, 0.25) is 0 Å². The summed E-state index contributed by atoms with van der Waals surface area (Å²) in [5, 5.41) is 9.76. The Morgan fingerprint density at radius 3 is 2.50 bits per heavy atom. The number of hydrogen-bond acceptors (Lipinski definition) is 4. The van der Waals surface area contributed by atoms with Crippen LogP contribution in [-0.4, -0.2) is 37.0 Å². The Balaban J connectivity index is 1.45. The van der Waals surface area contributed by atoms with E-state index < -0.39 is 0 Å². The predicted molar refractivity (Wildman–Crippen MR) is 145 cm³/mol. The fraction of sp³-hybridized carbons (Fsp3) is 0.226. The second-order valence-electron chi connectivity index (χ2n) is 8.92. The van der Waals surface area contributed by atoms with Gasteiger partial charge in [0, 0.05) is 31.9 Å². The van der Waals surface area contributed by atoms with Crippen LogP contribution in [0.1, 0.15) is 22.3 Å². The van der Waals surface area contributed by atoms with Crippen LogP contribution in [0.15, 0.2) is 91.0 Å². The lowest BCUT2D eigenvalue weighted by atomic mass is 10.0. The highest BCUT2D eigenvalue weighted by molar-refractivity contribution is 6.01. The number of anilines is 1. The number of carbonyl (C=O) groups is 1. The molecule has 1 aliphatic heterocycles. The van der Waals surface area contributed by atoms with Crippen molar-refractivity contribution in [3.05, 3.63) is 113 Å². The van der Waals surface area contributed by atoms with Crippen molar-refractivity contribution >= 4 is 17.7 Å². The molecule has 3 aromatic carbocycles. The number of aryl methyl sites for hydroxylation is 1. The maximum atomic E-state index is 13.1. The topological polar surface area (TPSA) is 56.6 Å². The van der Waals surface area contributed by atoms with Crippen molar-refractivity contribution < 1.29 is 9.53 Å². The van der Waals surface area contributed by atoms with Crippen molar-refractivity contribution in [1.82, 2.24) is 4.90 Å². The molecule has 0 bridgehead atoms. The van der Waals surface area contributed by atoms with Crippen molar-refractivity contribution in [3.8, 4) is 11.8 Å². The molecule has 0 aromatic heterocycles. The van der Waals surface area contributed by atoms with E-state index in [1.54, 1.807) is 11.0 Å². The summed E-state index contributed by atoms with van der Waals surface area (Å²) in [5.74, 6) is 0.547. The Kier molecular flexibility index (Phi) is 8.20. The van der Waals surface area contributed by atoms with Gasteiger partial charge in [0.15, 0.2) is 0 Å². The van der Waals surface area contributed by atoms with E-state index >= 15 is 0 Å². The molecule has 5 nitrogen and oxygen atoms in total. The van der Waals surface area contributed by atoms with E-state index in [-0.39, 0.29) is 11.5 Å². The average molecular weight is 478 g/mol. The number of nitrogens with zero attached hydrogens (tertiary/aromatic N) is 3. The van der Waals surface area contributed by atoms with Gasteiger partial charge in [0.25, 0.3) is 5.91 Å². The average Bonchev–Trinajstić information content (AvgIpc) is 2.92. The number of ether oxygens (including phenoxy) is 1. The van der Waals surface area contributed by atoms with E-state index in [9.17, 15) is 10.1 Å². The molecule has 5 heteroatoms. The van der Waals surface area contributed by atoms with E-state index in [1.807, 2.05) is 54.6 Å². The van der Waals surface area contributed by atoms with Crippen LogP contribution in [-0.2, 0) is 17.8 Å². The number of piperazine rings is 1. The fourth-order valence-electron chi connectivity index (χ4n) is 4.39. The second-order valence-corrected chi connectivity index (χ2v) is 8.92. The Morgan fingerprint density at radius 2 is 1.81 bits per heavy atom. The zero-order valence-corrected chi connectivity index (χ0v) is 20.7. The lowest BCUT2D eigenvalue weighted by Crippen LogP contribution is -2.49. The molecule has 4 rings (SSSR count). The quantitative estimate of drug-likeness (QED) is 0.242. The summed E-state index contributed by atoms with van der Waals surface area (Å²) in [7, 11) is 0. The van der Waals surface area contributed by atoms with Gasteiger partial charge in [-0.2, -0.15) is 5.26 Å². The highest BCUT2D eigenvalue weighted by atomic mass is 16.5. The van der Waals surface area contributed by atoms with Gasteiger partial charge < -0.3 is 14.5 Å². The van der Waals surface area contributed by atoms with Gasteiger partial charge in [-0.1, -0.05) is 60.2 Å². The zero-order valence-electron chi connectivity index (χ0n) is 20.7.